The number of hydrogen-bond acceptors (Lipinski definition) is 4. The number of benzene rings is 1. The van der Waals surface area contributed by atoms with Crippen LogP contribution in [0, 0.1) is 0 Å². The number of aromatic nitrogens is 2. The Labute approximate surface area is 124 Å². The second-order valence-corrected chi connectivity index (χ2v) is 4.73. The van der Waals surface area contributed by atoms with Gasteiger partial charge in [-0.2, -0.15) is 0 Å². The number of ether oxygens (including phenoxy) is 1. The van der Waals surface area contributed by atoms with Crippen LogP contribution in [0.3, 0.4) is 0 Å². The lowest BCUT2D eigenvalue weighted by Crippen LogP contribution is -2.00. The molecule has 0 radical (unpaired) electrons. The maximum atomic E-state index is 5.97. The molecule has 106 valence electrons. The van der Waals surface area contributed by atoms with Gasteiger partial charge < -0.3 is 10.1 Å². The first-order chi connectivity index (χ1) is 9.71. The third kappa shape index (κ3) is 4.10. The van der Waals surface area contributed by atoms with Crippen LogP contribution in [-0.2, 0) is 6.42 Å². The van der Waals surface area contributed by atoms with Crippen molar-refractivity contribution in [3.8, 4) is 5.75 Å². The van der Waals surface area contributed by atoms with Crippen molar-refractivity contribution in [2.45, 2.75) is 26.7 Å². The molecule has 0 aliphatic rings. The van der Waals surface area contributed by atoms with E-state index in [-0.39, 0.29) is 0 Å². The Morgan fingerprint density at radius 1 is 1.15 bits per heavy atom. The second kappa shape index (κ2) is 7.10. The fourth-order valence-corrected chi connectivity index (χ4v) is 1.89. The highest BCUT2D eigenvalue weighted by Gasteiger charge is 2.02. The molecule has 0 amide bonds. The summed E-state index contributed by atoms with van der Waals surface area (Å²) in [6.45, 7) is 4.81. The highest BCUT2D eigenvalue weighted by Crippen LogP contribution is 2.20. The largest absolute Gasteiger partial charge is 0.494 e. The van der Waals surface area contributed by atoms with Crippen molar-refractivity contribution < 1.29 is 4.74 Å². The molecule has 1 aromatic carbocycles. The molecule has 0 atom stereocenters. The van der Waals surface area contributed by atoms with E-state index in [2.05, 4.69) is 22.2 Å². The number of nitrogens with zero attached hydrogens (tertiary/aromatic N) is 2. The fraction of sp³-hybridized carbons (Fsp3) is 0.333. The first-order valence-corrected chi connectivity index (χ1v) is 7.12. The average molecular weight is 292 g/mol. The first kappa shape index (κ1) is 14.6. The Morgan fingerprint density at radius 2 is 1.90 bits per heavy atom. The number of rotatable bonds is 6. The van der Waals surface area contributed by atoms with Crippen LogP contribution in [0.4, 0.5) is 11.5 Å². The van der Waals surface area contributed by atoms with Crippen LogP contribution in [0.1, 0.15) is 26.1 Å². The van der Waals surface area contributed by atoms with Gasteiger partial charge in [-0.1, -0.05) is 25.4 Å². The van der Waals surface area contributed by atoms with Gasteiger partial charge in [0.05, 0.1) is 6.61 Å². The SMILES string of the molecule is CCCOc1ccc(Nc2cc(Cl)nc(CC)n2)cc1. The molecule has 0 unspecified atom stereocenters. The maximum Gasteiger partial charge on any atom is 0.135 e. The van der Waals surface area contributed by atoms with E-state index in [4.69, 9.17) is 16.3 Å². The van der Waals surface area contributed by atoms with Crippen LogP contribution < -0.4 is 10.1 Å². The van der Waals surface area contributed by atoms with Crippen LogP contribution in [0.25, 0.3) is 0 Å². The highest BCUT2D eigenvalue weighted by atomic mass is 35.5. The van der Waals surface area contributed by atoms with Crippen LogP contribution >= 0.6 is 11.6 Å². The molecule has 0 saturated heterocycles. The van der Waals surface area contributed by atoms with Crippen molar-refractivity contribution in [3.05, 3.63) is 41.3 Å². The van der Waals surface area contributed by atoms with Crippen molar-refractivity contribution in [1.29, 1.82) is 0 Å². The van der Waals surface area contributed by atoms with Crippen molar-refractivity contribution in [2.24, 2.45) is 0 Å². The molecular formula is C15H18ClN3O. The smallest absolute Gasteiger partial charge is 0.135 e. The van der Waals surface area contributed by atoms with Crippen LogP contribution in [0.5, 0.6) is 5.75 Å². The minimum absolute atomic E-state index is 0.447. The summed E-state index contributed by atoms with van der Waals surface area (Å²) in [6, 6.07) is 9.48. The molecule has 1 aromatic heterocycles. The van der Waals surface area contributed by atoms with Gasteiger partial charge in [-0.15, -0.1) is 0 Å². The van der Waals surface area contributed by atoms with Gasteiger partial charge in [0, 0.05) is 18.2 Å². The maximum absolute atomic E-state index is 5.97. The molecule has 2 rings (SSSR count). The number of anilines is 2. The van der Waals surface area contributed by atoms with Gasteiger partial charge in [-0.05, 0) is 30.7 Å². The van der Waals surface area contributed by atoms with E-state index in [1.807, 2.05) is 31.2 Å². The number of aryl methyl sites for hydroxylation is 1. The van der Waals surface area contributed by atoms with Crippen molar-refractivity contribution in [1.82, 2.24) is 9.97 Å². The average Bonchev–Trinajstić information content (AvgIpc) is 2.46. The van der Waals surface area contributed by atoms with Gasteiger partial charge in [0.1, 0.15) is 22.5 Å². The summed E-state index contributed by atoms with van der Waals surface area (Å²) in [5.41, 5.74) is 0.936. The molecule has 4 nitrogen and oxygen atoms in total. The van der Waals surface area contributed by atoms with Gasteiger partial charge in [0.2, 0.25) is 0 Å². The van der Waals surface area contributed by atoms with Crippen LogP contribution in [-0.4, -0.2) is 16.6 Å². The molecule has 0 spiro atoms. The van der Waals surface area contributed by atoms with E-state index < -0.39 is 0 Å². The van der Waals surface area contributed by atoms with Gasteiger partial charge in [0.15, 0.2) is 0 Å². The van der Waals surface area contributed by atoms with Gasteiger partial charge >= 0.3 is 0 Å². The van der Waals surface area contributed by atoms with E-state index in [0.29, 0.717) is 11.0 Å². The van der Waals surface area contributed by atoms with E-state index >= 15 is 0 Å². The molecule has 20 heavy (non-hydrogen) atoms. The topological polar surface area (TPSA) is 47.0 Å². The Balaban J connectivity index is 2.07. The fourth-order valence-electron chi connectivity index (χ4n) is 1.69. The molecule has 0 saturated carbocycles. The van der Waals surface area contributed by atoms with Crippen molar-refractivity contribution >= 4 is 23.1 Å². The minimum Gasteiger partial charge on any atom is -0.494 e. The molecule has 0 bridgehead atoms. The molecule has 1 heterocycles. The molecule has 5 heteroatoms. The number of halogens is 1. The third-order valence-corrected chi connectivity index (χ3v) is 2.85. The highest BCUT2D eigenvalue weighted by molar-refractivity contribution is 6.29. The lowest BCUT2D eigenvalue weighted by atomic mass is 10.3. The standard InChI is InChI=1S/C15H18ClN3O/c1-3-9-20-12-7-5-11(6-8-12)17-15-10-13(16)18-14(4-2)19-15/h5-8,10H,3-4,9H2,1-2H3,(H,17,18,19). The van der Waals surface area contributed by atoms with Gasteiger partial charge in [0.25, 0.3) is 0 Å². The van der Waals surface area contributed by atoms with Crippen molar-refractivity contribution in [2.75, 3.05) is 11.9 Å². The summed E-state index contributed by atoms with van der Waals surface area (Å²) in [4.78, 5) is 8.52. The quantitative estimate of drug-likeness (QED) is 0.809. The lowest BCUT2D eigenvalue weighted by molar-refractivity contribution is 0.317. The molecular weight excluding hydrogens is 274 g/mol. The summed E-state index contributed by atoms with van der Waals surface area (Å²) in [6.07, 6.45) is 1.75. The van der Waals surface area contributed by atoms with E-state index in [9.17, 15) is 0 Å². The summed E-state index contributed by atoms with van der Waals surface area (Å²) >= 11 is 5.97. The monoisotopic (exact) mass is 291 g/mol. The predicted octanol–water partition coefficient (Wildman–Crippen LogP) is 4.22. The van der Waals surface area contributed by atoms with Crippen LogP contribution in [0.2, 0.25) is 5.15 Å². The Bertz CT molecular complexity index is 558. The zero-order valence-electron chi connectivity index (χ0n) is 11.7. The Morgan fingerprint density at radius 3 is 2.55 bits per heavy atom. The number of hydrogen-bond donors (Lipinski definition) is 1. The van der Waals surface area contributed by atoms with E-state index in [1.54, 1.807) is 6.07 Å². The first-order valence-electron chi connectivity index (χ1n) is 6.74. The normalized spacial score (nSPS) is 10.3. The molecule has 1 N–H and O–H groups in total. The molecule has 0 aliphatic heterocycles. The second-order valence-electron chi connectivity index (χ2n) is 4.34. The lowest BCUT2D eigenvalue weighted by Gasteiger charge is -2.09. The summed E-state index contributed by atoms with van der Waals surface area (Å²) in [5, 5.41) is 3.66. The number of nitrogens with one attached hydrogen (secondary N) is 1. The predicted molar refractivity (Wildman–Crippen MR) is 81.9 cm³/mol. The molecule has 2 aromatic rings. The van der Waals surface area contributed by atoms with E-state index in [0.717, 1.165) is 36.7 Å². The Kier molecular flexibility index (Phi) is 5.18. The van der Waals surface area contributed by atoms with Crippen LogP contribution in [0.15, 0.2) is 30.3 Å². The van der Waals surface area contributed by atoms with E-state index in [1.165, 1.54) is 0 Å². The molecule has 0 aliphatic carbocycles. The summed E-state index contributed by atoms with van der Waals surface area (Å²) < 4.78 is 5.54. The zero-order valence-corrected chi connectivity index (χ0v) is 12.4. The summed E-state index contributed by atoms with van der Waals surface area (Å²) in [5.74, 6) is 2.29. The van der Waals surface area contributed by atoms with Gasteiger partial charge in [-0.25, -0.2) is 9.97 Å². The third-order valence-electron chi connectivity index (χ3n) is 2.66. The van der Waals surface area contributed by atoms with Crippen molar-refractivity contribution in [3.63, 3.8) is 0 Å². The Hall–Kier alpha value is -1.81. The summed E-state index contributed by atoms with van der Waals surface area (Å²) in [7, 11) is 0. The molecule has 0 fully saturated rings. The zero-order chi connectivity index (χ0) is 14.4. The van der Waals surface area contributed by atoms with Gasteiger partial charge in [-0.3, -0.25) is 0 Å². The minimum atomic E-state index is 0.447.